The van der Waals surface area contributed by atoms with Crippen molar-refractivity contribution in [1.82, 2.24) is 5.32 Å². The zero-order chi connectivity index (χ0) is 14.4. The normalized spacial score (nSPS) is 12.0. The van der Waals surface area contributed by atoms with E-state index in [1.165, 1.54) is 7.11 Å². The fourth-order valence-corrected chi connectivity index (χ4v) is 2.00. The molecule has 1 aromatic rings. The number of phenolic OH excluding ortho intramolecular Hbond substituents is 1. The Morgan fingerprint density at radius 3 is 2.79 bits per heavy atom. The van der Waals surface area contributed by atoms with Crippen molar-refractivity contribution in [2.45, 2.75) is 26.4 Å². The number of ether oxygens (including phenoxy) is 2. The van der Waals surface area contributed by atoms with Gasteiger partial charge in [0.1, 0.15) is 6.04 Å². The third-order valence-electron chi connectivity index (χ3n) is 2.56. The summed E-state index contributed by atoms with van der Waals surface area (Å²) in [6.45, 7) is 4.34. The molecule has 0 amide bonds. The molecule has 1 atom stereocenters. The van der Waals surface area contributed by atoms with Crippen molar-refractivity contribution in [3.63, 3.8) is 0 Å². The van der Waals surface area contributed by atoms with Crippen molar-refractivity contribution in [3.05, 3.63) is 22.2 Å². The number of aromatic hydroxyl groups is 1. The highest BCUT2D eigenvalue weighted by Gasteiger charge is 2.14. The Kier molecular flexibility index (Phi) is 6.11. The lowest BCUT2D eigenvalue weighted by Gasteiger charge is -2.14. The Morgan fingerprint density at radius 1 is 1.53 bits per heavy atom. The molecule has 0 aliphatic heterocycles. The zero-order valence-corrected chi connectivity index (χ0v) is 12.8. The van der Waals surface area contributed by atoms with Gasteiger partial charge in [0.2, 0.25) is 0 Å². The summed E-state index contributed by atoms with van der Waals surface area (Å²) in [7, 11) is 1.49. The van der Waals surface area contributed by atoms with Gasteiger partial charge in [-0.05, 0) is 47.5 Å². The number of nitrogens with one attached hydrogen (secondary N) is 1. The van der Waals surface area contributed by atoms with E-state index in [1.807, 2.05) is 0 Å². The molecule has 106 valence electrons. The van der Waals surface area contributed by atoms with Crippen LogP contribution in [0.5, 0.6) is 11.5 Å². The number of hydrogen-bond acceptors (Lipinski definition) is 5. The average molecular weight is 332 g/mol. The van der Waals surface area contributed by atoms with Gasteiger partial charge in [-0.15, -0.1) is 0 Å². The predicted molar refractivity (Wildman–Crippen MR) is 75.3 cm³/mol. The van der Waals surface area contributed by atoms with Crippen LogP contribution in [0.4, 0.5) is 0 Å². The Balaban J connectivity index is 2.68. The van der Waals surface area contributed by atoms with Gasteiger partial charge in [-0.3, -0.25) is 4.79 Å². The summed E-state index contributed by atoms with van der Waals surface area (Å²) in [6.07, 6.45) is 0. The van der Waals surface area contributed by atoms with Crippen LogP contribution in [0.3, 0.4) is 0 Å². The topological polar surface area (TPSA) is 67.8 Å². The number of carbonyl (C=O) groups is 1. The highest BCUT2D eigenvalue weighted by Crippen LogP contribution is 2.35. The number of carbonyl (C=O) groups excluding carboxylic acids is 1. The second kappa shape index (κ2) is 7.35. The van der Waals surface area contributed by atoms with E-state index in [0.29, 0.717) is 23.4 Å². The number of rotatable bonds is 6. The molecule has 0 bridgehead atoms. The van der Waals surface area contributed by atoms with Crippen molar-refractivity contribution in [2.24, 2.45) is 0 Å². The molecule has 0 aromatic heterocycles. The van der Waals surface area contributed by atoms with Gasteiger partial charge in [-0.2, -0.15) is 0 Å². The van der Waals surface area contributed by atoms with Crippen LogP contribution in [-0.4, -0.2) is 30.8 Å². The van der Waals surface area contributed by atoms with Crippen molar-refractivity contribution in [2.75, 3.05) is 13.7 Å². The first-order valence-corrected chi connectivity index (χ1v) is 6.74. The number of hydrogen-bond donors (Lipinski definition) is 2. The number of benzene rings is 1. The van der Waals surface area contributed by atoms with E-state index in [1.54, 1.807) is 26.0 Å². The van der Waals surface area contributed by atoms with Gasteiger partial charge in [0, 0.05) is 6.54 Å². The average Bonchev–Trinajstić information content (AvgIpc) is 2.39. The largest absolute Gasteiger partial charge is 0.503 e. The number of esters is 1. The molecule has 2 N–H and O–H groups in total. The van der Waals surface area contributed by atoms with Gasteiger partial charge in [-0.1, -0.05) is 0 Å². The molecule has 0 spiro atoms. The molecule has 1 rings (SSSR count). The van der Waals surface area contributed by atoms with Gasteiger partial charge in [0.25, 0.3) is 0 Å². The first-order valence-electron chi connectivity index (χ1n) is 5.95. The maximum atomic E-state index is 11.4. The molecule has 0 heterocycles. The summed E-state index contributed by atoms with van der Waals surface area (Å²) >= 11 is 3.25. The van der Waals surface area contributed by atoms with Crippen LogP contribution in [0, 0.1) is 0 Å². The van der Waals surface area contributed by atoms with E-state index in [9.17, 15) is 9.90 Å². The Bertz CT molecular complexity index is 451. The van der Waals surface area contributed by atoms with Gasteiger partial charge < -0.3 is 19.9 Å². The van der Waals surface area contributed by atoms with E-state index in [0.717, 1.165) is 5.56 Å². The van der Waals surface area contributed by atoms with Crippen molar-refractivity contribution >= 4 is 21.9 Å². The lowest BCUT2D eigenvalue weighted by molar-refractivity contribution is -0.145. The molecule has 0 fully saturated rings. The van der Waals surface area contributed by atoms with Gasteiger partial charge in [0.05, 0.1) is 18.2 Å². The minimum absolute atomic E-state index is 0.0599. The van der Waals surface area contributed by atoms with Gasteiger partial charge in [-0.25, -0.2) is 0 Å². The van der Waals surface area contributed by atoms with Crippen LogP contribution in [0.2, 0.25) is 0 Å². The minimum atomic E-state index is -0.390. The van der Waals surface area contributed by atoms with Crippen LogP contribution in [0.25, 0.3) is 0 Å². The number of methoxy groups -OCH3 is 1. The number of phenols is 1. The monoisotopic (exact) mass is 331 g/mol. The van der Waals surface area contributed by atoms with E-state index in [4.69, 9.17) is 9.47 Å². The maximum Gasteiger partial charge on any atom is 0.322 e. The van der Waals surface area contributed by atoms with Crippen LogP contribution in [-0.2, 0) is 16.1 Å². The maximum absolute atomic E-state index is 11.4. The molecule has 1 aromatic carbocycles. The quantitative estimate of drug-likeness (QED) is 0.782. The first-order chi connectivity index (χ1) is 8.99. The summed E-state index contributed by atoms with van der Waals surface area (Å²) in [5, 5.41) is 12.7. The second-order valence-electron chi connectivity index (χ2n) is 3.98. The van der Waals surface area contributed by atoms with Crippen LogP contribution >= 0.6 is 15.9 Å². The SMILES string of the molecule is CCOC(=O)C(C)NCc1cc(Br)c(O)c(OC)c1. The summed E-state index contributed by atoms with van der Waals surface area (Å²) in [5.74, 6) is 0.159. The molecule has 6 heteroatoms. The zero-order valence-electron chi connectivity index (χ0n) is 11.2. The van der Waals surface area contributed by atoms with Crippen molar-refractivity contribution in [3.8, 4) is 11.5 Å². The lowest BCUT2D eigenvalue weighted by Crippen LogP contribution is -2.34. The minimum Gasteiger partial charge on any atom is -0.503 e. The van der Waals surface area contributed by atoms with E-state index in [-0.39, 0.29) is 11.7 Å². The third-order valence-corrected chi connectivity index (χ3v) is 3.17. The molecule has 1 unspecified atom stereocenters. The van der Waals surface area contributed by atoms with E-state index >= 15 is 0 Å². The molecule has 0 radical (unpaired) electrons. The highest BCUT2D eigenvalue weighted by molar-refractivity contribution is 9.10. The molecule has 0 saturated heterocycles. The molecular formula is C13H18BrNO4. The molecular weight excluding hydrogens is 314 g/mol. The standard InChI is InChI=1S/C13H18BrNO4/c1-4-19-13(17)8(2)15-7-9-5-10(14)12(16)11(6-9)18-3/h5-6,8,15-16H,4,7H2,1-3H3. The second-order valence-corrected chi connectivity index (χ2v) is 4.84. The van der Waals surface area contributed by atoms with Gasteiger partial charge >= 0.3 is 5.97 Å². The Hall–Kier alpha value is -1.27. The lowest BCUT2D eigenvalue weighted by atomic mass is 10.2. The number of halogens is 1. The predicted octanol–water partition coefficient (Wildman–Crippen LogP) is 2.20. The first kappa shape index (κ1) is 15.8. The van der Waals surface area contributed by atoms with E-state index < -0.39 is 6.04 Å². The fourth-order valence-electron chi connectivity index (χ4n) is 1.51. The summed E-state index contributed by atoms with van der Waals surface area (Å²) in [5.41, 5.74) is 0.887. The Labute approximate surface area is 121 Å². The molecule has 19 heavy (non-hydrogen) atoms. The summed E-state index contributed by atoms with van der Waals surface area (Å²) in [6, 6.07) is 3.09. The molecule has 0 aliphatic carbocycles. The molecule has 0 saturated carbocycles. The van der Waals surface area contributed by atoms with Gasteiger partial charge in [0.15, 0.2) is 11.5 Å². The van der Waals surface area contributed by atoms with Crippen molar-refractivity contribution < 1.29 is 19.4 Å². The van der Waals surface area contributed by atoms with Crippen molar-refractivity contribution in [1.29, 1.82) is 0 Å². The van der Waals surface area contributed by atoms with E-state index in [2.05, 4.69) is 21.2 Å². The summed E-state index contributed by atoms with van der Waals surface area (Å²) < 4.78 is 10.5. The van der Waals surface area contributed by atoms with Crippen LogP contribution in [0.1, 0.15) is 19.4 Å². The summed E-state index contributed by atoms with van der Waals surface area (Å²) in [4.78, 5) is 11.4. The third kappa shape index (κ3) is 4.40. The highest BCUT2D eigenvalue weighted by atomic mass is 79.9. The van der Waals surface area contributed by atoms with Crippen LogP contribution < -0.4 is 10.1 Å². The van der Waals surface area contributed by atoms with Crippen LogP contribution in [0.15, 0.2) is 16.6 Å². The smallest absolute Gasteiger partial charge is 0.322 e. The molecule has 5 nitrogen and oxygen atoms in total. The fraction of sp³-hybridized carbons (Fsp3) is 0.462. The molecule has 0 aliphatic rings. The Morgan fingerprint density at radius 2 is 2.21 bits per heavy atom.